The molecule has 1 aromatic rings. The van der Waals surface area contributed by atoms with Crippen LogP contribution in [0.3, 0.4) is 0 Å². The summed E-state index contributed by atoms with van der Waals surface area (Å²) in [4.78, 5) is 3.67. The summed E-state index contributed by atoms with van der Waals surface area (Å²) in [5.74, 6) is 0.182. The number of hydrogen-bond acceptors (Lipinski definition) is 3. The zero-order valence-electron chi connectivity index (χ0n) is 5.24. The minimum atomic E-state index is -0.0342. The van der Waals surface area contributed by atoms with E-state index < -0.39 is 0 Å². The van der Waals surface area contributed by atoms with Gasteiger partial charge in [-0.15, -0.1) is 0 Å². The normalized spacial score (nSPS) is 9.20. The van der Waals surface area contributed by atoms with Crippen LogP contribution in [0.2, 0.25) is 0 Å². The van der Waals surface area contributed by atoms with E-state index in [9.17, 15) is 0 Å². The van der Waals surface area contributed by atoms with Crippen LogP contribution in [0.4, 0.5) is 11.6 Å². The molecule has 0 fully saturated rings. The molecule has 0 radical (unpaired) electrons. The molecule has 54 valence electrons. The van der Waals surface area contributed by atoms with Crippen LogP contribution in [0.25, 0.3) is 0 Å². The van der Waals surface area contributed by atoms with Crippen molar-refractivity contribution in [1.29, 1.82) is 0 Å². The first-order valence-electron chi connectivity index (χ1n) is 2.63. The van der Waals surface area contributed by atoms with Crippen molar-refractivity contribution in [3.63, 3.8) is 0 Å². The van der Waals surface area contributed by atoms with Gasteiger partial charge in [0.2, 0.25) is 5.88 Å². The smallest absolute Gasteiger partial charge is 0.216 e. The summed E-state index contributed by atoms with van der Waals surface area (Å²) in [6, 6.07) is 1.58. The SMILES string of the molecule is NC(N)=Nc1ccoc1N. The molecule has 0 spiro atoms. The molecule has 0 saturated carbocycles. The molecule has 10 heavy (non-hydrogen) atoms. The van der Waals surface area contributed by atoms with Gasteiger partial charge >= 0.3 is 0 Å². The third-order valence-corrected chi connectivity index (χ3v) is 0.923. The van der Waals surface area contributed by atoms with Gasteiger partial charge in [0.05, 0.1) is 6.26 Å². The lowest BCUT2D eigenvalue weighted by molar-refractivity contribution is 0.588. The molecule has 1 heterocycles. The molecule has 0 bridgehead atoms. The zero-order valence-corrected chi connectivity index (χ0v) is 5.24. The van der Waals surface area contributed by atoms with E-state index in [4.69, 9.17) is 21.6 Å². The van der Waals surface area contributed by atoms with Gasteiger partial charge in [-0.1, -0.05) is 0 Å². The van der Waals surface area contributed by atoms with Gasteiger partial charge in [-0.05, 0) is 0 Å². The predicted octanol–water partition coefficient (Wildman–Crippen LogP) is -0.233. The van der Waals surface area contributed by atoms with Crippen LogP contribution in [0.15, 0.2) is 21.7 Å². The van der Waals surface area contributed by atoms with Crippen molar-refractivity contribution in [1.82, 2.24) is 0 Å². The Kier molecular flexibility index (Phi) is 1.49. The van der Waals surface area contributed by atoms with Gasteiger partial charge in [-0.3, -0.25) is 0 Å². The maximum atomic E-state index is 5.30. The Morgan fingerprint density at radius 2 is 2.20 bits per heavy atom. The van der Waals surface area contributed by atoms with Crippen LogP contribution in [0.5, 0.6) is 0 Å². The number of nitrogens with zero attached hydrogens (tertiary/aromatic N) is 1. The van der Waals surface area contributed by atoms with E-state index in [0.717, 1.165) is 0 Å². The lowest BCUT2D eigenvalue weighted by Crippen LogP contribution is -2.21. The number of furan rings is 1. The number of rotatable bonds is 1. The van der Waals surface area contributed by atoms with E-state index in [1.807, 2.05) is 0 Å². The molecule has 0 unspecified atom stereocenters. The number of nitrogens with two attached hydrogens (primary N) is 3. The summed E-state index contributed by atoms with van der Waals surface area (Å²) in [5.41, 5.74) is 15.9. The summed E-state index contributed by atoms with van der Waals surface area (Å²) >= 11 is 0. The van der Waals surface area contributed by atoms with E-state index in [-0.39, 0.29) is 11.8 Å². The topological polar surface area (TPSA) is 104 Å². The fourth-order valence-electron chi connectivity index (χ4n) is 0.546. The van der Waals surface area contributed by atoms with Crippen molar-refractivity contribution in [2.45, 2.75) is 0 Å². The van der Waals surface area contributed by atoms with Crippen LogP contribution >= 0.6 is 0 Å². The molecular weight excluding hydrogens is 132 g/mol. The molecule has 0 saturated heterocycles. The Balaban J connectivity index is 2.95. The van der Waals surface area contributed by atoms with E-state index in [1.54, 1.807) is 6.07 Å². The molecule has 5 heteroatoms. The maximum Gasteiger partial charge on any atom is 0.216 e. The monoisotopic (exact) mass is 140 g/mol. The molecule has 0 aliphatic carbocycles. The van der Waals surface area contributed by atoms with Gasteiger partial charge in [0.25, 0.3) is 0 Å². The Labute approximate surface area is 57.5 Å². The number of anilines is 1. The zero-order chi connectivity index (χ0) is 7.56. The highest BCUT2D eigenvalue weighted by molar-refractivity contribution is 5.80. The average molecular weight is 140 g/mol. The van der Waals surface area contributed by atoms with Crippen LogP contribution in [-0.2, 0) is 0 Å². The molecular formula is C5H8N4O. The largest absolute Gasteiger partial charge is 0.447 e. The summed E-state index contributed by atoms with van der Waals surface area (Å²) < 4.78 is 4.72. The summed E-state index contributed by atoms with van der Waals surface area (Å²) in [7, 11) is 0. The Morgan fingerprint density at radius 1 is 1.50 bits per heavy atom. The second-order valence-electron chi connectivity index (χ2n) is 1.71. The van der Waals surface area contributed by atoms with Gasteiger partial charge in [-0.2, -0.15) is 0 Å². The van der Waals surface area contributed by atoms with Crippen LogP contribution in [0.1, 0.15) is 0 Å². The average Bonchev–Trinajstić information content (AvgIpc) is 2.15. The highest BCUT2D eigenvalue weighted by Gasteiger charge is 1.98. The lowest BCUT2D eigenvalue weighted by Gasteiger charge is -1.89. The van der Waals surface area contributed by atoms with Crippen LogP contribution in [0, 0.1) is 0 Å². The molecule has 0 aliphatic heterocycles. The van der Waals surface area contributed by atoms with Gasteiger partial charge in [0, 0.05) is 6.07 Å². The number of aliphatic imine (C=N–C) groups is 1. The Morgan fingerprint density at radius 3 is 2.60 bits per heavy atom. The maximum absolute atomic E-state index is 5.30. The van der Waals surface area contributed by atoms with E-state index >= 15 is 0 Å². The minimum absolute atomic E-state index is 0.0342. The number of hydrogen-bond donors (Lipinski definition) is 3. The van der Waals surface area contributed by atoms with E-state index in [0.29, 0.717) is 5.69 Å². The van der Waals surface area contributed by atoms with E-state index in [2.05, 4.69) is 4.99 Å². The molecule has 0 aliphatic rings. The molecule has 0 amide bonds. The molecule has 1 rings (SSSR count). The fourth-order valence-corrected chi connectivity index (χ4v) is 0.546. The second-order valence-corrected chi connectivity index (χ2v) is 1.71. The fraction of sp³-hybridized carbons (Fsp3) is 0. The summed E-state index contributed by atoms with van der Waals surface area (Å²) in [6.07, 6.45) is 1.41. The molecule has 1 aromatic heterocycles. The first-order chi connectivity index (χ1) is 4.70. The second kappa shape index (κ2) is 2.30. The Hall–Kier alpha value is -1.65. The Bertz CT molecular complexity index is 248. The number of guanidine groups is 1. The number of nitrogen functional groups attached to an aromatic ring is 1. The van der Waals surface area contributed by atoms with Crippen molar-refractivity contribution in [3.05, 3.63) is 12.3 Å². The third-order valence-electron chi connectivity index (χ3n) is 0.923. The van der Waals surface area contributed by atoms with Crippen molar-refractivity contribution in [2.24, 2.45) is 16.5 Å². The van der Waals surface area contributed by atoms with Crippen molar-refractivity contribution in [2.75, 3.05) is 5.73 Å². The van der Waals surface area contributed by atoms with Crippen molar-refractivity contribution in [3.8, 4) is 0 Å². The molecule has 5 nitrogen and oxygen atoms in total. The van der Waals surface area contributed by atoms with Crippen LogP contribution in [-0.4, -0.2) is 5.96 Å². The van der Waals surface area contributed by atoms with E-state index in [1.165, 1.54) is 6.26 Å². The quantitative estimate of drug-likeness (QED) is 0.370. The molecule has 0 aromatic carbocycles. The van der Waals surface area contributed by atoms with Gasteiger partial charge in [-0.25, -0.2) is 4.99 Å². The third kappa shape index (κ3) is 1.19. The van der Waals surface area contributed by atoms with Gasteiger partial charge < -0.3 is 21.6 Å². The first-order valence-corrected chi connectivity index (χ1v) is 2.63. The molecule has 0 atom stereocenters. The van der Waals surface area contributed by atoms with Crippen LogP contribution < -0.4 is 17.2 Å². The molecule has 6 N–H and O–H groups in total. The predicted molar refractivity (Wildman–Crippen MR) is 38.6 cm³/mol. The summed E-state index contributed by atoms with van der Waals surface area (Å²) in [5, 5.41) is 0. The minimum Gasteiger partial charge on any atom is -0.447 e. The lowest BCUT2D eigenvalue weighted by atomic mass is 10.5. The standard InChI is InChI=1S/C5H8N4O/c6-4-3(1-2-10-4)9-5(7)8/h1-2H,6H2,(H4,7,8,9). The van der Waals surface area contributed by atoms with Gasteiger partial charge in [0.15, 0.2) is 5.96 Å². The highest BCUT2D eigenvalue weighted by atomic mass is 16.3. The van der Waals surface area contributed by atoms with Crippen molar-refractivity contribution < 1.29 is 4.42 Å². The van der Waals surface area contributed by atoms with Crippen molar-refractivity contribution >= 4 is 17.5 Å². The van der Waals surface area contributed by atoms with Gasteiger partial charge in [0.1, 0.15) is 5.69 Å². The first kappa shape index (κ1) is 6.47. The summed E-state index contributed by atoms with van der Waals surface area (Å²) in [6.45, 7) is 0. The highest BCUT2D eigenvalue weighted by Crippen LogP contribution is 2.21.